The van der Waals surface area contributed by atoms with Crippen molar-refractivity contribution in [2.75, 3.05) is 5.32 Å². The van der Waals surface area contributed by atoms with Crippen LogP contribution in [0.25, 0.3) is 0 Å². The summed E-state index contributed by atoms with van der Waals surface area (Å²) in [4.78, 5) is 36.6. The Kier molecular flexibility index (Phi) is 6.08. The predicted molar refractivity (Wildman–Crippen MR) is 96.7 cm³/mol. The number of rotatable bonds is 6. The molecule has 1 aromatic heterocycles. The van der Waals surface area contributed by atoms with E-state index in [4.69, 9.17) is 5.26 Å². The van der Waals surface area contributed by atoms with Crippen LogP contribution in [-0.2, 0) is 11.8 Å². The molecule has 1 aromatic carbocycles. The SMILES string of the molecule is Cc1cc(NC(=O)c2cc(C(=O)C(=O)NC(C)CC#N)cn2C)ccc1F. The number of ketones is 1. The van der Waals surface area contributed by atoms with Crippen LogP contribution in [0.3, 0.4) is 0 Å². The molecule has 2 rings (SSSR count). The molecule has 7 nitrogen and oxygen atoms in total. The summed E-state index contributed by atoms with van der Waals surface area (Å²) in [6, 6.07) is 6.92. The lowest BCUT2D eigenvalue weighted by Crippen LogP contribution is -2.37. The van der Waals surface area contributed by atoms with E-state index in [1.165, 1.54) is 35.0 Å². The summed E-state index contributed by atoms with van der Waals surface area (Å²) in [5, 5.41) is 13.7. The number of nitrogens with zero attached hydrogens (tertiary/aromatic N) is 2. The van der Waals surface area contributed by atoms with E-state index in [1.807, 2.05) is 6.07 Å². The van der Waals surface area contributed by atoms with Crippen molar-refractivity contribution in [3.63, 3.8) is 0 Å². The smallest absolute Gasteiger partial charge is 0.292 e. The number of halogens is 1. The molecule has 1 heterocycles. The Morgan fingerprint density at radius 3 is 2.63 bits per heavy atom. The number of aromatic nitrogens is 1. The molecule has 0 radical (unpaired) electrons. The minimum Gasteiger partial charge on any atom is -0.346 e. The molecule has 1 atom stereocenters. The molecule has 0 saturated heterocycles. The molecule has 0 aliphatic heterocycles. The van der Waals surface area contributed by atoms with Gasteiger partial charge in [-0.1, -0.05) is 0 Å². The van der Waals surface area contributed by atoms with Gasteiger partial charge in [-0.25, -0.2) is 4.39 Å². The van der Waals surface area contributed by atoms with Gasteiger partial charge in [-0.15, -0.1) is 0 Å². The quantitative estimate of drug-likeness (QED) is 0.601. The first kappa shape index (κ1) is 19.8. The standard InChI is InChI=1S/C19H19FN4O3/c1-11-8-14(4-5-15(11)20)23-18(26)16-9-13(10-24(16)3)17(25)19(27)22-12(2)6-7-21/h4-5,8-10,12H,6H2,1-3H3,(H,22,27)(H,23,26). The van der Waals surface area contributed by atoms with Crippen molar-refractivity contribution in [3.05, 3.63) is 53.1 Å². The second kappa shape index (κ2) is 8.27. The van der Waals surface area contributed by atoms with Crippen molar-refractivity contribution in [2.45, 2.75) is 26.3 Å². The lowest BCUT2D eigenvalue weighted by atomic mass is 10.1. The van der Waals surface area contributed by atoms with Gasteiger partial charge >= 0.3 is 0 Å². The lowest BCUT2D eigenvalue weighted by Gasteiger charge is -2.08. The highest BCUT2D eigenvalue weighted by molar-refractivity contribution is 6.43. The van der Waals surface area contributed by atoms with Crippen molar-refractivity contribution < 1.29 is 18.8 Å². The number of nitriles is 1. The fourth-order valence-corrected chi connectivity index (χ4v) is 2.44. The number of anilines is 1. The topological polar surface area (TPSA) is 104 Å². The Morgan fingerprint density at radius 1 is 1.30 bits per heavy atom. The van der Waals surface area contributed by atoms with E-state index in [0.29, 0.717) is 11.3 Å². The lowest BCUT2D eigenvalue weighted by molar-refractivity contribution is -0.117. The van der Waals surface area contributed by atoms with Crippen molar-refractivity contribution in [1.82, 2.24) is 9.88 Å². The minimum atomic E-state index is -0.843. The fourth-order valence-electron chi connectivity index (χ4n) is 2.44. The molecular formula is C19H19FN4O3. The van der Waals surface area contributed by atoms with Crippen LogP contribution in [0.15, 0.2) is 30.5 Å². The van der Waals surface area contributed by atoms with E-state index in [0.717, 1.165) is 0 Å². The number of benzene rings is 1. The molecule has 2 aromatic rings. The molecule has 0 spiro atoms. The van der Waals surface area contributed by atoms with E-state index in [-0.39, 0.29) is 23.5 Å². The molecule has 140 valence electrons. The summed E-state index contributed by atoms with van der Waals surface area (Å²) in [7, 11) is 1.57. The average molecular weight is 370 g/mol. The number of amides is 2. The summed E-state index contributed by atoms with van der Waals surface area (Å²) in [6.07, 6.45) is 1.46. The summed E-state index contributed by atoms with van der Waals surface area (Å²) < 4.78 is 14.7. The maximum atomic E-state index is 13.3. The first-order valence-corrected chi connectivity index (χ1v) is 8.19. The molecule has 0 aliphatic carbocycles. The van der Waals surface area contributed by atoms with Crippen LogP contribution in [0, 0.1) is 24.1 Å². The maximum Gasteiger partial charge on any atom is 0.292 e. The number of nitrogens with one attached hydrogen (secondary N) is 2. The highest BCUT2D eigenvalue weighted by atomic mass is 19.1. The Hall–Kier alpha value is -3.47. The van der Waals surface area contributed by atoms with Gasteiger partial charge < -0.3 is 15.2 Å². The summed E-state index contributed by atoms with van der Waals surface area (Å²) in [5.41, 5.74) is 1.02. The van der Waals surface area contributed by atoms with Gasteiger partial charge in [0.25, 0.3) is 17.6 Å². The molecule has 1 unspecified atom stereocenters. The van der Waals surface area contributed by atoms with E-state index < -0.39 is 23.6 Å². The monoisotopic (exact) mass is 370 g/mol. The van der Waals surface area contributed by atoms with Gasteiger partial charge in [-0.3, -0.25) is 14.4 Å². The van der Waals surface area contributed by atoms with Gasteiger partial charge in [0.2, 0.25) is 0 Å². The van der Waals surface area contributed by atoms with E-state index in [2.05, 4.69) is 10.6 Å². The van der Waals surface area contributed by atoms with E-state index in [9.17, 15) is 18.8 Å². The fraction of sp³-hybridized carbons (Fsp3) is 0.263. The second-order valence-corrected chi connectivity index (χ2v) is 6.21. The highest BCUT2D eigenvalue weighted by Crippen LogP contribution is 2.16. The molecular weight excluding hydrogens is 351 g/mol. The van der Waals surface area contributed by atoms with Crippen LogP contribution in [0.5, 0.6) is 0 Å². The Morgan fingerprint density at radius 2 is 2.00 bits per heavy atom. The van der Waals surface area contributed by atoms with Gasteiger partial charge in [0, 0.05) is 30.5 Å². The zero-order valence-corrected chi connectivity index (χ0v) is 15.2. The van der Waals surface area contributed by atoms with E-state index >= 15 is 0 Å². The van der Waals surface area contributed by atoms with Gasteiger partial charge in [0.15, 0.2) is 0 Å². The van der Waals surface area contributed by atoms with Crippen LogP contribution in [0.2, 0.25) is 0 Å². The van der Waals surface area contributed by atoms with Crippen molar-refractivity contribution in [2.24, 2.45) is 7.05 Å². The summed E-state index contributed by atoms with van der Waals surface area (Å²) >= 11 is 0. The summed E-state index contributed by atoms with van der Waals surface area (Å²) in [6.45, 7) is 3.19. The predicted octanol–water partition coefficient (Wildman–Crippen LogP) is 2.33. The molecule has 8 heteroatoms. The number of carbonyl (C=O) groups excluding carboxylic acids is 3. The third-order valence-corrected chi connectivity index (χ3v) is 3.90. The number of hydrogen-bond donors (Lipinski definition) is 2. The first-order chi connectivity index (χ1) is 12.7. The number of carbonyl (C=O) groups is 3. The minimum absolute atomic E-state index is 0.0552. The number of hydrogen-bond acceptors (Lipinski definition) is 4. The van der Waals surface area contributed by atoms with Gasteiger partial charge in [-0.2, -0.15) is 5.26 Å². The van der Waals surface area contributed by atoms with Crippen LogP contribution < -0.4 is 10.6 Å². The number of Topliss-reactive ketones (excluding diaryl/α,β-unsaturated/α-hetero) is 1. The third-order valence-electron chi connectivity index (χ3n) is 3.90. The van der Waals surface area contributed by atoms with Gasteiger partial charge in [-0.05, 0) is 43.7 Å². The van der Waals surface area contributed by atoms with Crippen LogP contribution in [0.1, 0.15) is 39.8 Å². The largest absolute Gasteiger partial charge is 0.346 e. The van der Waals surface area contributed by atoms with Crippen LogP contribution in [0.4, 0.5) is 10.1 Å². The molecule has 0 fully saturated rings. The second-order valence-electron chi connectivity index (χ2n) is 6.21. The molecule has 0 aliphatic rings. The molecule has 2 amide bonds. The van der Waals surface area contributed by atoms with Crippen LogP contribution >= 0.6 is 0 Å². The highest BCUT2D eigenvalue weighted by Gasteiger charge is 2.22. The molecule has 2 N–H and O–H groups in total. The average Bonchev–Trinajstić information content (AvgIpc) is 2.99. The molecule has 0 bridgehead atoms. The van der Waals surface area contributed by atoms with Gasteiger partial charge in [0.1, 0.15) is 11.5 Å². The maximum absolute atomic E-state index is 13.3. The molecule has 0 saturated carbocycles. The van der Waals surface area contributed by atoms with Crippen molar-refractivity contribution in [1.29, 1.82) is 5.26 Å². The zero-order valence-electron chi connectivity index (χ0n) is 15.2. The van der Waals surface area contributed by atoms with Crippen molar-refractivity contribution in [3.8, 4) is 6.07 Å². The van der Waals surface area contributed by atoms with Crippen molar-refractivity contribution >= 4 is 23.3 Å². The Balaban J connectivity index is 2.13. The Labute approximate surface area is 155 Å². The number of aryl methyl sites for hydroxylation is 2. The molecule has 27 heavy (non-hydrogen) atoms. The van der Waals surface area contributed by atoms with E-state index in [1.54, 1.807) is 20.9 Å². The zero-order chi connectivity index (χ0) is 20.1. The Bertz CT molecular complexity index is 943. The summed E-state index contributed by atoms with van der Waals surface area (Å²) in [5.74, 6) is -2.52. The first-order valence-electron chi connectivity index (χ1n) is 8.19. The van der Waals surface area contributed by atoms with Gasteiger partial charge in [0.05, 0.1) is 12.5 Å². The van der Waals surface area contributed by atoms with Crippen LogP contribution in [-0.4, -0.2) is 28.2 Å². The third kappa shape index (κ3) is 4.79. The normalized spacial score (nSPS) is 11.4.